The number of Topliss-reactive ketones (excluding diaryl/α,β-unsaturated/α-hetero) is 1. The van der Waals surface area contributed by atoms with Gasteiger partial charge in [0, 0.05) is 46.7 Å². The highest BCUT2D eigenvalue weighted by Crippen LogP contribution is 2.24. The van der Waals surface area contributed by atoms with Gasteiger partial charge in [0.2, 0.25) is 5.91 Å². The van der Waals surface area contributed by atoms with E-state index in [0.717, 1.165) is 37.2 Å². The lowest BCUT2D eigenvalue weighted by Gasteiger charge is -2.32. The average molecular weight is 416 g/mol. The fraction of sp³-hybridized carbons (Fsp3) is 0.364. The molecule has 3 rings (SSSR count). The molecule has 2 aromatic rings. The van der Waals surface area contributed by atoms with Gasteiger partial charge in [-0.05, 0) is 62.2 Å². The molecule has 0 spiro atoms. The van der Waals surface area contributed by atoms with Crippen molar-refractivity contribution in [1.29, 1.82) is 0 Å². The Kier molecular flexibility index (Phi) is 7.25. The number of hydrogen-bond acceptors (Lipinski definition) is 5. The first-order valence-corrected chi connectivity index (χ1v) is 10.1. The Hall–Kier alpha value is -2.41. The highest BCUT2D eigenvalue weighted by atomic mass is 35.5. The molecule has 1 aliphatic heterocycles. The van der Waals surface area contributed by atoms with E-state index in [9.17, 15) is 14.7 Å². The molecule has 2 aromatic carbocycles. The predicted octanol–water partition coefficient (Wildman–Crippen LogP) is 3.55. The van der Waals surface area contributed by atoms with Crippen LogP contribution in [-0.2, 0) is 11.4 Å². The third-order valence-electron chi connectivity index (χ3n) is 5.13. The van der Waals surface area contributed by atoms with E-state index in [2.05, 4.69) is 15.5 Å². The number of carbonyl (C=O) groups excluding carboxylic acids is 2. The molecule has 0 aromatic heterocycles. The van der Waals surface area contributed by atoms with Gasteiger partial charge in [0.25, 0.3) is 0 Å². The Labute approximate surface area is 175 Å². The number of benzene rings is 2. The van der Waals surface area contributed by atoms with Crippen molar-refractivity contribution in [2.24, 2.45) is 0 Å². The van der Waals surface area contributed by atoms with Gasteiger partial charge in [-0.2, -0.15) is 0 Å². The van der Waals surface area contributed by atoms with Gasteiger partial charge in [0.05, 0.1) is 13.2 Å². The molecule has 0 bridgehead atoms. The molecule has 0 atom stereocenters. The maximum absolute atomic E-state index is 12.3. The van der Waals surface area contributed by atoms with Crippen molar-refractivity contribution in [3.63, 3.8) is 0 Å². The van der Waals surface area contributed by atoms with E-state index >= 15 is 0 Å². The lowest BCUT2D eigenvalue weighted by Crippen LogP contribution is -2.42. The van der Waals surface area contributed by atoms with Crippen molar-refractivity contribution in [3.05, 3.63) is 58.6 Å². The molecule has 6 nitrogen and oxygen atoms in total. The molecule has 7 heteroatoms. The predicted molar refractivity (Wildman–Crippen MR) is 116 cm³/mol. The van der Waals surface area contributed by atoms with Crippen molar-refractivity contribution in [2.45, 2.75) is 32.4 Å². The van der Waals surface area contributed by atoms with Crippen LogP contribution in [0, 0.1) is 0 Å². The van der Waals surface area contributed by atoms with E-state index in [1.165, 1.54) is 6.92 Å². The average Bonchev–Trinajstić information content (AvgIpc) is 2.71. The molecule has 1 saturated heterocycles. The summed E-state index contributed by atoms with van der Waals surface area (Å²) in [6.07, 6.45) is 1.82. The zero-order valence-corrected chi connectivity index (χ0v) is 17.2. The summed E-state index contributed by atoms with van der Waals surface area (Å²) in [6, 6.07) is 12.7. The van der Waals surface area contributed by atoms with Gasteiger partial charge >= 0.3 is 0 Å². The Morgan fingerprint density at radius 2 is 1.83 bits per heavy atom. The molecule has 3 N–H and O–H groups in total. The Morgan fingerprint density at radius 1 is 1.14 bits per heavy atom. The van der Waals surface area contributed by atoms with Gasteiger partial charge in [0.15, 0.2) is 5.78 Å². The number of ketones is 1. The van der Waals surface area contributed by atoms with Crippen molar-refractivity contribution in [3.8, 4) is 0 Å². The van der Waals surface area contributed by atoms with Gasteiger partial charge < -0.3 is 15.7 Å². The number of anilines is 2. The minimum atomic E-state index is -0.0627. The number of likely N-dealkylation sites (tertiary alicyclic amines) is 1. The van der Waals surface area contributed by atoms with Crippen LogP contribution >= 0.6 is 11.6 Å². The fourth-order valence-electron chi connectivity index (χ4n) is 3.48. The van der Waals surface area contributed by atoms with Crippen LogP contribution in [0.25, 0.3) is 0 Å². The van der Waals surface area contributed by atoms with Crippen LogP contribution in [0.3, 0.4) is 0 Å². The smallest absolute Gasteiger partial charge is 0.238 e. The van der Waals surface area contributed by atoms with E-state index in [1.807, 2.05) is 12.1 Å². The summed E-state index contributed by atoms with van der Waals surface area (Å²) < 4.78 is 0. The van der Waals surface area contributed by atoms with Gasteiger partial charge in [0.1, 0.15) is 0 Å². The number of nitrogens with zero attached hydrogens (tertiary/aromatic N) is 1. The van der Waals surface area contributed by atoms with Gasteiger partial charge in [-0.25, -0.2) is 0 Å². The molecule has 1 aliphatic rings. The molecule has 1 amide bonds. The number of hydrogen-bond donors (Lipinski definition) is 3. The Bertz CT molecular complexity index is 862. The molecule has 0 saturated carbocycles. The van der Waals surface area contributed by atoms with Crippen LogP contribution in [-0.4, -0.2) is 47.4 Å². The number of piperidine rings is 1. The largest absolute Gasteiger partial charge is 0.392 e. The first-order valence-electron chi connectivity index (χ1n) is 9.73. The maximum atomic E-state index is 12.3. The normalized spacial score (nSPS) is 15.1. The monoisotopic (exact) mass is 415 g/mol. The second kappa shape index (κ2) is 9.87. The van der Waals surface area contributed by atoms with Crippen molar-refractivity contribution < 1.29 is 14.7 Å². The fourth-order valence-corrected chi connectivity index (χ4v) is 3.68. The summed E-state index contributed by atoms with van der Waals surface area (Å²) in [6.45, 7) is 3.43. The van der Waals surface area contributed by atoms with Gasteiger partial charge in [-0.15, -0.1) is 0 Å². The first kappa shape index (κ1) is 21.3. The van der Waals surface area contributed by atoms with E-state index in [-0.39, 0.29) is 18.3 Å². The standard InChI is InChI=1S/C22H26ClN3O3/c1-15(28)16-2-5-19(6-3-16)25-22(29)13-26-10-8-20(9-11-26)24-21-7-4-18(23)12-17(21)14-27/h2-7,12,20,24,27H,8-11,13-14H2,1H3,(H,25,29). The first-order chi connectivity index (χ1) is 13.9. The maximum Gasteiger partial charge on any atom is 0.238 e. The van der Waals surface area contributed by atoms with Gasteiger partial charge in [-0.3, -0.25) is 14.5 Å². The van der Waals surface area contributed by atoms with Gasteiger partial charge in [-0.1, -0.05) is 11.6 Å². The Morgan fingerprint density at radius 3 is 2.45 bits per heavy atom. The second-order valence-corrected chi connectivity index (χ2v) is 7.77. The molecular formula is C22H26ClN3O3. The summed E-state index contributed by atoms with van der Waals surface area (Å²) in [5.41, 5.74) is 3.01. The summed E-state index contributed by atoms with van der Waals surface area (Å²) in [4.78, 5) is 25.8. The highest BCUT2D eigenvalue weighted by Gasteiger charge is 2.21. The third-order valence-corrected chi connectivity index (χ3v) is 5.36. The lowest BCUT2D eigenvalue weighted by molar-refractivity contribution is -0.117. The zero-order chi connectivity index (χ0) is 20.8. The van der Waals surface area contributed by atoms with E-state index in [4.69, 9.17) is 11.6 Å². The van der Waals surface area contributed by atoms with Crippen LogP contribution in [0.4, 0.5) is 11.4 Å². The summed E-state index contributed by atoms with van der Waals surface area (Å²) in [5.74, 6) is -0.0590. The molecule has 0 aliphatic carbocycles. The zero-order valence-electron chi connectivity index (χ0n) is 16.5. The van der Waals surface area contributed by atoms with Crippen molar-refractivity contribution >= 4 is 34.7 Å². The number of aliphatic hydroxyl groups excluding tert-OH is 1. The number of rotatable bonds is 7. The molecular weight excluding hydrogens is 390 g/mol. The Balaban J connectivity index is 1.46. The van der Waals surface area contributed by atoms with E-state index < -0.39 is 0 Å². The molecule has 0 radical (unpaired) electrons. The lowest BCUT2D eigenvalue weighted by atomic mass is 10.0. The summed E-state index contributed by atoms with van der Waals surface area (Å²) in [5, 5.41) is 16.5. The van der Waals surface area contributed by atoms with Crippen LogP contribution in [0.15, 0.2) is 42.5 Å². The minimum Gasteiger partial charge on any atom is -0.392 e. The number of halogens is 1. The number of amides is 1. The minimum absolute atomic E-state index is 0.00377. The quantitative estimate of drug-likeness (QED) is 0.602. The number of nitrogens with one attached hydrogen (secondary N) is 2. The highest BCUT2D eigenvalue weighted by molar-refractivity contribution is 6.30. The van der Waals surface area contributed by atoms with Crippen LogP contribution in [0.1, 0.15) is 35.7 Å². The van der Waals surface area contributed by atoms with Crippen molar-refractivity contribution in [1.82, 2.24) is 4.90 Å². The molecule has 0 unspecified atom stereocenters. The molecule has 29 heavy (non-hydrogen) atoms. The second-order valence-electron chi connectivity index (χ2n) is 7.34. The van der Waals surface area contributed by atoms with Crippen molar-refractivity contribution in [2.75, 3.05) is 30.3 Å². The third kappa shape index (κ3) is 6.03. The summed E-state index contributed by atoms with van der Waals surface area (Å²) >= 11 is 5.99. The molecule has 1 fully saturated rings. The van der Waals surface area contributed by atoms with Crippen LogP contribution < -0.4 is 10.6 Å². The molecule has 154 valence electrons. The SMILES string of the molecule is CC(=O)c1ccc(NC(=O)CN2CCC(Nc3ccc(Cl)cc3CO)CC2)cc1. The van der Waals surface area contributed by atoms with Crippen LogP contribution in [0.5, 0.6) is 0 Å². The molecule has 1 heterocycles. The van der Waals surface area contributed by atoms with E-state index in [0.29, 0.717) is 28.9 Å². The number of aliphatic hydroxyl groups is 1. The topological polar surface area (TPSA) is 81.7 Å². The number of carbonyl (C=O) groups is 2. The summed E-state index contributed by atoms with van der Waals surface area (Å²) in [7, 11) is 0. The van der Waals surface area contributed by atoms with Crippen LogP contribution in [0.2, 0.25) is 5.02 Å². The van der Waals surface area contributed by atoms with E-state index in [1.54, 1.807) is 30.3 Å².